The average Bonchev–Trinajstić information content (AvgIpc) is 3.22. The van der Waals surface area contributed by atoms with Crippen LogP contribution < -0.4 is 4.74 Å². The molecule has 1 atom stereocenters. The first-order valence-electron chi connectivity index (χ1n) is 10.5. The highest BCUT2D eigenvalue weighted by molar-refractivity contribution is 5.78. The van der Waals surface area contributed by atoms with Gasteiger partial charge >= 0.3 is 12.1 Å². The molecule has 12 heteroatoms. The van der Waals surface area contributed by atoms with Gasteiger partial charge in [0, 0.05) is 45.2 Å². The molecule has 4 heterocycles. The summed E-state index contributed by atoms with van der Waals surface area (Å²) in [7, 11) is 0. The predicted octanol–water partition coefficient (Wildman–Crippen LogP) is 1.65. The number of aromatic nitrogens is 2. The Hall–Kier alpha value is -2.47. The van der Waals surface area contributed by atoms with Gasteiger partial charge in [0.25, 0.3) is 0 Å². The van der Waals surface area contributed by atoms with Gasteiger partial charge in [-0.1, -0.05) is 0 Å². The van der Waals surface area contributed by atoms with Gasteiger partial charge in [-0.15, -0.1) is 0 Å². The summed E-state index contributed by atoms with van der Waals surface area (Å²) < 4.78 is 43.8. The van der Waals surface area contributed by atoms with Crippen LogP contribution in [0.1, 0.15) is 31.4 Å². The van der Waals surface area contributed by atoms with Crippen LogP contribution in [0.2, 0.25) is 0 Å². The fourth-order valence-electron chi connectivity index (χ4n) is 4.11. The molecule has 3 saturated heterocycles. The molecule has 1 unspecified atom stereocenters. The third kappa shape index (κ3) is 6.52. The molecule has 0 radical (unpaired) electrons. The maximum Gasteiger partial charge on any atom is 0.490 e. The number of aryl methyl sites for hydroxylation is 1. The van der Waals surface area contributed by atoms with Crippen molar-refractivity contribution in [1.82, 2.24) is 19.8 Å². The molecule has 1 N–H and O–H groups in total. The summed E-state index contributed by atoms with van der Waals surface area (Å²) in [6, 6.07) is 0. The Morgan fingerprint density at radius 1 is 1.28 bits per heavy atom. The number of hydrogen-bond acceptors (Lipinski definition) is 7. The van der Waals surface area contributed by atoms with Crippen molar-refractivity contribution < 1.29 is 37.3 Å². The fourth-order valence-corrected chi connectivity index (χ4v) is 4.11. The highest BCUT2D eigenvalue weighted by Crippen LogP contribution is 2.35. The smallest absolute Gasteiger partial charge is 0.475 e. The van der Waals surface area contributed by atoms with Crippen molar-refractivity contribution in [3.63, 3.8) is 0 Å². The van der Waals surface area contributed by atoms with Crippen LogP contribution in [0.3, 0.4) is 0 Å². The van der Waals surface area contributed by atoms with Gasteiger partial charge in [-0.05, 0) is 19.8 Å². The zero-order valence-corrected chi connectivity index (χ0v) is 17.8. The van der Waals surface area contributed by atoms with E-state index >= 15 is 0 Å². The Morgan fingerprint density at radius 2 is 1.94 bits per heavy atom. The van der Waals surface area contributed by atoms with E-state index < -0.39 is 12.1 Å². The zero-order valence-electron chi connectivity index (χ0n) is 17.8. The normalized spacial score (nSPS) is 22.6. The summed E-state index contributed by atoms with van der Waals surface area (Å²) >= 11 is 0. The number of aliphatic carboxylic acids is 1. The summed E-state index contributed by atoms with van der Waals surface area (Å²) in [6.45, 7) is 6.58. The number of carbonyl (C=O) groups excluding carboxylic acids is 1. The van der Waals surface area contributed by atoms with Gasteiger partial charge in [0.1, 0.15) is 6.10 Å². The first-order valence-corrected chi connectivity index (χ1v) is 10.5. The number of carboxylic acid groups (broad SMARTS) is 1. The van der Waals surface area contributed by atoms with Crippen LogP contribution in [0.4, 0.5) is 13.2 Å². The van der Waals surface area contributed by atoms with Gasteiger partial charge < -0.3 is 19.5 Å². The number of hydrogen-bond donors (Lipinski definition) is 1. The topological polar surface area (TPSA) is 105 Å². The van der Waals surface area contributed by atoms with E-state index in [1.807, 2.05) is 11.8 Å². The molecule has 0 aliphatic carbocycles. The first-order chi connectivity index (χ1) is 15.1. The van der Waals surface area contributed by atoms with E-state index in [2.05, 4.69) is 14.9 Å². The number of likely N-dealkylation sites (tertiary alicyclic amines) is 2. The molecule has 3 fully saturated rings. The third-order valence-electron chi connectivity index (χ3n) is 5.55. The van der Waals surface area contributed by atoms with Gasteiger partial charge in [0.2, 0.25) is 11.8 Å². The van der Waals surface area contributed by atoms with Gasteiger partial charge in [0.15, 0.2) is 0 Å². The average molecular weight is 460 g/mol. The largest absolute Gasteiger partial charge is 0.490 e. The number of alkyl halides is 3. The van der Waals surface area contributed by atoms with Crippen LogP contribution in [-0.2, 0) is 14.3 Å². The molecular formula is C20H27F3N4O5. The lowest BCUT2D eigenvalue weighted by Gasteiger charge is -2.52. The number of halogens is 3. The number of carboxylic acids is 1. The number of rotatable bonds is 4. The van der Waals surface area contributed by atoms with E-state index in [-0.39, 0.29) is 17.6 Å². The highest BCUT2D eigenvalue weighted by atomic mass is 19.4. The van der Waals surface area contributed by atoms with Crippen molar-refractivity contribution in [3.05, 3.63) is 18.1 Å². The Morgan fingerprint density at radius 3 is 2.53 bits per heavy atom. The summed E-state index contributed by atoms with van der Waals surface area (Å²) in [4.78, 5) is 33.8. The van der Waals surface area contributed by atoms with Crippen molar-refractivity contribution in [3.8, 4) is 5.88 Å². The molecule has 0 aromatic carbocycles. The standard InChI is InChI=1S/C18H26N4O3.C2HF3O2/c1-14-9-19-10-16(20-14)25-15-4-7-24-18(8-15)12-21(13-18)11-17(23)22-5-2-3-6-22;3-2(4,5)1(6)7/h9-10,15H,2-8,11-13H2,1H3;(H,6,7). The minimum Gasteiger partial charge on any atom is -0.475 e. The molecule has 1 aromatic rings. The van der Waals surface area contributed by atoms with Crippen molar-refractivity contribution in [2.75, 3.05) is 39.3 Å². The summed E-state index contributed by atoms with van der Waals surface area (Å²) in [6.07, 6.45) is 2.39. The van der Waals surface area contributed by atoms with Crippen LogP contribution in [-0.4, -0.2) is 94.0 Å². The summed E-state index contributed by atoms with van der Waals surface area (Å²) in [5.41, 5.74) is 0.695. The quantitative estimate of drug-likeness (QED) is 0.723. The predicted molar refractivity (Wildman–Crippen MR) is 105 cm³/mol. The fraction of sp³-hybridized carbons (Fsp3) is 0.700. The van der Waals surface area contributed by atoms with Crippen molar-refractivity contribution >= 4 is 11.9 Å². The molecule has 1 spiro atoms. The van der Waals surface area contributed by atoms with E-state index in [9.17, 15) is 18.0 Å². The molecule has 178 valence electrons. The van der Waals surface area contributed by atoms with Crippen molar-refractivity contribution in [1.29, 1.82) is 0 Å². The molecule has 3 aliphatic rings. The Labute approximate surface area is 183 Å². The lowest BCUT2D eigenvalue weighted by atomic mass is 9.84. The molecular weight excluding hydrogens is 433 g/mol. The first kappa shape index (κ1) is 24.2. The van der Waals surface area contributed by atoms with Crippen LogP contribution in [0.15, 0.2) is 12.4 Å². The minimum atomic E-state index is -5.08. The molecule has 32 heavy (non-hydrogen) atoms. The molecule has 0 bridgehead atoms. The van der Waals surface area contributed by atoms with E-state index in [1.54, 1.807) is 12.4 Å². The minimum absolute atomic E-state index is 0.0984. The third-order valence-corrected chi connectivity index (χ3v) is 5.55. The zero-order chi connectivity index (χ0) is 23.4. The second-order valence-electron chi connectivity index (χ2n) is 8.30. The van der Waals surface area contributed by atoms with Crippen LogP contribution in [0.25, 0.3) is 0 Å². The van der Waals surface area contributed by atoms with E-state index in [4.69, 9.17) is 19.4 Å². The number of amides is 1. The second kappa shape index (κ2) is 9.99. The van der Waals surface area contributed by atoms with Gasteiger partial charge in [-0.25, -0.2) is 9.78 Å². The molecule has 9 nitrogen and oxygen atoms in total. The molecule has 1 aromatic heterocycles. The molecule has 0 saturated carbocycles. The monoisotopic (exact) mass is 460 g/mol. The lowest BCUT2D eigenvalue weighted by Crippen LogP contribution is -2.67. The Balaban J connectivity index is 0.000000360. The molecule has 4 rings (SSSR count). The van der Waals surface area contributed by atoms with Crippen LogP contribution >= 0.6 is 0 Å². The molecule has 3 aliphatic heterocycles. The van der Waals surface area contributed by atoms with Crippen LogP contribution in [0, 0.1) is 6.92 Å². The maximum atomic E-state index is 12.3. The Bertz CT molecular complexity index is 811. The van der Waals surface area contributed by atoms with Gasteiger partial charge in [-0.2, -0.15) is 13.2 Å². The summed E-state index contributed by atoms with van der Waals surface area (Å²) in [5.74, 6) is -1.92. The summed E-state index contributed by atoms with van der Waals surface area (Å²) in [5, 5.41) is 7.12. The Kier molecular flexibility index (Phi) is 7.55. The lowest BCUT2D eigenvalue weighted by molar-refractivity contribution is -0.192. The van der Waals surface area contributed by atoms with Gasteiger partial charge in [0.05, 0.1) is 30.6 Å². The second-order valence-corrected chi connectivity index (χ2v) is 8.30. The van der Waals surface area contributed by atoms with E-state index in [0.29, 0.717) is 19.0 Å². The SMILES string of the molecule is Cc1cncc(OC2CCOC3(C2)CN(CC(=O)N2CCCC2)C3)n1.O=C(O)C(F)(F)F. The van der Waals surface area contributed by atoms with Gasteiger partial charge in [-0.3, -0.25) is 14.7 Å². The van der Waals surface area contributed by atoms with Crippen LogP contribution in [0.5, 0.6) is 5.88 Å². The molecule has 1 amide bonds. The number of carbonyl (C=O) groups is 2. The maximum absolute atomic E-state index is 12.3. The van der Waals surface area contributed by atoms with E-state index in [1.165, 1.54) is 0 Å². The number of ether oxygens (including phenoxy) is 2. The van der Waals surface area contributed by atoms with Crippen molar-refractivity contribution in [2.45, 2.75) is 50.5 Å². The highest BCUT2D eigenvalue weighted by Gasteiger charge is 2.48. The van der Waals surface area contributed by atoms with Crippen molar-refractivity contribution in [2.24, 2.45) is 0 Å². The number of nitrogens with zero attached hydrogens (tertiary/aromatic N) is 4. The van der Waals surface area contributed by atoms with E-state index in [0.717, 1.165) is 57.6 Å².